The van der Waals surface area contributed by atoms with Crippen molar-refractivity contribution in [3.8, 4) is 0 Å². The molecule has 0 saturated heterocycles. The van der Waals surface area contributed by atoms with Crippen LogP contribution in [0.5, 0.6) is 0 Å². The molecule has 0 aliphatic rings. The van der Waals surface area contributed by atoms with E-state index in [1.165, 1.54) is 0 Å². The van der Waals surface area contributed by atoms with Crippen LogP contribution in [0.2, 0.25) is 0 Å². The SMILES string of the molecule is C[C@@H](NC(=O)[C@@H](N)C(C)(C)C)c1ccncc1. The van der Waals surface area contributed by atoms with Crippen LogP contribution < -0.4 is 11.1 Å². The summed E-state index contributed by atoms with van der Waals surface area (Å²) in [6, 6.07) is 3.20. The van der Waals surface area contributed by atoms with E-state index < -0.39 is 6.04 Å². The van der Waals surface area contributed by atoms with Gasteiger partial charge in [0.1, 0.15) is 0 Å². The van der Waals surface area contributed by atoms with E-state index in [1.54, 1.807) is 12.4 Å². The van der Waals surface area contributed by atoms with Crippen molar-refractivity contribution in [2.75, 3.05) is 0 Å². The van der Waals surface area contributed by atoms with Crippen LogP contribution in [-0.4, -0.2) is 16.9 Å². The Kier molecular flexibility index (Phi) is 4.23. The molecule has 1 aromatic rings. The second kappa shape index (κ2) is 5.27. The number of nitrogens with two attached hydrogens (primary N) is 1. The van der Waals surface area contributed by atoms with E-state index in [1.807, 2.05) is 39.8 Å². The minimum atomic E-state index is -0.508. The predicted octanol–water partition coefficient (Wildman–Crippen LogP) is 1.63. The van der Waals surface area contributed by atoms with Crippen LogP contribution in [0.25, 0.3) is 0 Å². The summed E-state index contributed by atoms with van der Waals surface area (Å²) in [5, 5.41) is 2.91. The summed E-state index contributed by atoms with van der Waals surface area (Å²) in [4.78, 5) is 15.9. The molecule has 1 aromatic heterocycles. The minimum Gasteiger partial charge on any atom is -0.348 e. The summed E-state index contributed by atoms with van der Waals surface area (Å²) in [6.45, 7) is 7.79. The Balaban J connectivity index is 2.64. The number of nitrogens with one attached hydrogen (secondary N) is 1. The Morgan fingerprint density at radius 1 is 1.35 bits per heavy atom. The third kappa shape index (κ3) is 3.82. The zero-order valence-corrected chi connectivity index (χ0v) is 10.9. The predicted molar refractivity (Wildman–Crippen MR) is 68.2 cm³/mol. The molecule has 0 spiro atoms. The van der Waals surface area contributed by atoms with Gasteiger partial charge in [-0.1, -0.05) is 20.8 Å². The molecule has 4 nitrogen and oxygen atoms in total. The lowest BCUT2D eigenvalue weighted by Gasteiger charge is -2.27. The van der Waals surface area contributed by atoms with E-state index in [9.17, 15) is 4.79 Å². The molecule has 4 heteroatoms. The molecular weight excluding hydrogens is 214 g/mol. The Hall–Kier alpha value is -1.42. The van der Waals surface area contributed by atoms with Crippen LogP contribution in [0.4, 0.5) is 0 Å². The largest absolute Gasteiger partial charge is 0.348 e. The van der Waals surface area contributed by atoms with Crippen LogP contribution >= 0.6 is 0 Å². The molecule has 17 heavy (non-hydrogen) atoms. The number of amides is 1. The molecule has 0 aliphatic carbocycles. The average molecular weight is 235 g/mol. The topological polar surface area (TPSA) is 68.0 Å². The molecule has 1 heterocycles. The normalized spacial score (nSPS) is 15.1. The maximum atomic E-state index is 11.9. The monoisotopic (exact) mass is 235 g/mol. The standard InChI is InChI=1S/C13H21N3O/c1-9(10-5-7-15-8-6-10)16-12(17)11(14)13(2,3)4/h5-9,11H,14H2,1-4H3,(H,16,17)/t9-,11-/m1/s1. The summed E-state index contributed by atoms with van der Waals surface area (Å²) < 4.78 is 0. The Morgan fingerprint density at radius 2 is 1.88 bits per heavy atom. The van der Waals surface area contributed by atoms with Crippen molar-refractivity contribution in [2.45, 2.75) is 39.8 Å². The molecule has 0 saturated carbocycles. The van der Waals surface area contributed by atoms with Gasteiger partial charge in [-0.2, -0.15) is 0 Å². The molecule has 3 N–H and O–H groups in total. The van der Waals surface area contributed by atoms with E-state index in [2.05, 4.69) is 10.3 Å². The highest BCUT2D eigenvalue weighted by Crippen LogP contribution is 2.18. The molecule has 0 aliphatic heterocycles. The smallest absolute Gasteiger partial charge is 0.237 e. The molecule has 0 bridgehead atoms. The first-order chi connectivity index (χ1) is 7.82. The average Bonchev–Trinajstić information content (AvgIpc) is 2.27. The van der Waals surface area contributed by atoms with Crippen LogP contribution in [0.3, 0.4) is 0 Å². The lowest BCUT2D eigenvalue weighted by Crippen LogP contribution is -2.49. The third-order valence-electron chi connectivity index (χ3n) is 2.78. The molecule has 0 unspecified atom stereocenters. The van der Waals surface area contributed by atoms with Crippen molar-refractivity contribution < 1.29 is 4.79 Å². The summed E-state index contributed by atoms with van der Waals surface area (Å²) in [5.41, 5.74) is 6.68. The highest BCUT2D eigenvalue weighted by molar-refractivity contribution is 5.82. The van der Waals surface area contributed by atoms with E-state index in [0.717, 1.165) is 5.56 Å². The van der Waals surface area contributed by atoms with E-state index in [0.29, 0.717) is 0 Å². The maximum Gasteiger partial charge on any atom is 0.237 e. The first-order valence-electron chi connectivity index (χ1n) is 5.78. The van der Waals surface area contributed by atoms with Crippen LogP contribution in [0, 0.1) is 5.41 Å². The first-order valence-corrected chi connectivity index (χ1v) is 5.78. The highest BCUT2D eigenvalue weighted by Gasteiger charge is 2.28. The maximum absolute atomic E-state index is 11.9. The van der Waals surface area contributed by atoms with Gasteiger partial charge in [0.05, 0.1) is 12.1 Å². The zero-order valence-electron chi connectivity index (χ0n) is 10.9. The van der Waals surface area contributed by atoms with Gasteiger partial charge in [-0.25, -0.2) is 0 Å². The molecular formula is C13H21N3O. The fraction of sp³-hybridized carbons (Fsp3) is 0.538. The molecule has 0 radical (unpaired) electrons. The van der Waals surface area contributed by atoms with Crippen molar-refractivity contribution in [2.24, 2.45) is 11.1 Å². The van der Waals surface area contributed by atoms with Crippen LogP contribution in [-0.2, 0) is 4.79 Å². The fourth-order valence-electron chi connectivity index (χ4n) is 1.43. The van der Waals surface area contributed by atoms with Gasteiger partial charge in [0.25, 0.3) is 0 Å². The molecule has 94 valence electrons. The lowest BCUT2D eigenvalue weighted by atomic mass is 9.87. The molecule has 0 aromatic carbocycles. The van der Waals surface area contributed by atoms with Gasteiger partial charge in [0.15, 0.2) is 0 Å². The number of carbonyl (C=O) groups is 1. The van der Waals surface area contributed by atoms with Crippen LogP contribution in [0.15, 0.2) is 24.5 Å². The van der Waals surface area contributed by atoms with Gasteiger partial charge in [-0.05, 0) is 30.0 Å². The summed E-state index contributed by atoms with van der Waals surface area (Å²) in [6.07, 6.45) is 3.42. The Bertz CT molecular complexity index is 370. The van der Waals surface area contributed by atoms with Crippen molar-refractivity contribution in [1.82, 2.24) is 10.3 Å². The highest BCUT2D eigenvalue weighted by atomic mass is 16.2. The van der Waals surface area contributed by atoms with Gasteiger partial charge >= 0.3 is 0 Å². The number of rotatable bonds is 3. The summed E-state index contributed by atoms with van der Waals surface area (Å²) in [5.74, 6) is -0.123. The second-order valence-electron chi connectivity index (χ2n) is 5.35. The molecule has 0 fully saturated rings. The Labute approximate surface area is 103 Å². The van der Waals surface area contributed by atoms with Crippen molar-refractivity contribution in [3.05, 3.63) is 30.1 Å². The third-order valence-corrected chi connectivity index (χ3v) is 2.78. The second-order valence-corrected chi connectivity index (χ2v) is 5.35. The number of pyridine rings is 1. The number of nitrogens with zero attached hydrogens (tertiary/aromatic N) is 1. The van der Waals surface area contributed by atoms with Crippen molar-refractivity contribution >= 4 is 5.91 Å². The molecule has 2 atom stereocenters. The van der Waals surface area contributed by atoms with Crippen LogP contribution in [0.1, 0.15) is 39.3 Å². The van der Waals surface area contributed by atoms with E-state index >= 15 is 0 Å². The quantitative estimate of drug-likeness (QED) is 0.836. The number of hydrogen-bond donors (Lipinski definition) is 2. The van der Waals surface area contributed by atoms with Gasteiger partial charge in [-0.3, -0.25) is 9.78 Å². The van der Waals surface area contributed by atoms with Gasteiger partial charge in [0, 0.05) is 12.4 Å². The minimum absolute atomic E-state index is 0.0566. The zero-order chi connectivity index (χ0) is 13.1. The van der Waals surface area contributed by atoms with Crippen molar-refractivity contribution in [3.63, 3.8) is 0 Å². The fourth-order valence-corrected chi connectivity index (χ4v) is 1.43. The molecule has 1 amide bonds. The Morgan fingerprint density at radius 3 is 2.35 bits per heavy atom. The van der Waals surface area contributed by atoms with Gasteiger partial charge in [-0.15, -0.1) is 0 Å². The van der Waals surface area contributed by atoms with E-state index in [4.69, 9.17) is 5.73 Å². The van der Waals surface area contributed by atoms with Crippen molar-refractivity contribution in [1.29, 1.82) is 0 Å². The van der Waals surface area contributed by atoms with E-state index in [-0.39, 0.29) is 17.4 Å². The lowest BCUT2D eigenvalue weighted by molar-refractivity contribution is -0.125. The number of aromatic nitrogens is 1. The van der Waals surface area contributed by atoms with Gasteiger partial charge < -0.3 is 11.1 Å². The first kappa shape index (κ1) is 13.6. The number of carbonyl (C=O) groups excluding carboxylic acids is 1. The number of hydrogen-bond acceptors (Lipinski definition) is 3. The van der Waals surface area contributed by atoms with Gasteiger partial charge in [0.2, 0.25) is 5.91 Å². The summed E-state index contributed by atoms with van der Waals surface area (Å²) >= 11 is 0. The summed E-state index contributed by atoms with van der Waals surface area (Å²) in [7, 11) is 0. The molecule has 1 rings (SSSR count).